The molecule has 1 aliphatic carbocycles. The third-order valence-corrected chi connectivity index (χ3v) is 7.86. The molecule has 0 atom stereocenters. The molecule has 2 fully saturated rings. The van der Waals surface area contributed by atoms with Crippen LogP contribution in [0, 0.1) is 5.92 Å². The maximum absolute atomic E-state index is 13.5. The Morgan fingerprint density at radius 1 is 1.06 bits per heavy atom. The summed E-state index contributed by atoms with van der Waals surface area (Å²) in [5.74, 6) is 0.617. The molecule has 2 aromatic heterocycles. The van der Waals surface area contributed by atoms with E-state index in [4.69, 9.17) is 0 Å². The van der Waals surface area contributed by atoms with Crippen molar-refractivity contribution in [3.8, 4) is 16.4 Å². The Labute approximate surface area is 212 Å². The average molecular weight is 501 g/mol. The molecule has 2 aromatic carbocycles. The molecule has 1 saturated carbocycles. The van der Waals surface area contributed by atoms with E-state index in [9.17, 15) is 9.59 Å². The largest absolute Gasteiger partial charge is 0.340 e. The molecule has 0 spiro atoms. The van der Waals surface area contributed by atoms with E-state index >= 15 is 0 Å². The first-order chi connectivity index (χ1) is 17.7. The van der Waals surface area contributed by atoms with E-state index in [2.05, 4.69) is 20.0 Å². The fraction of sp³-hybridized carbons (Fsp3) is 0.333. The molecule has 2 aliphatic rings. The number of carbonyl (C=O) groups excluding carboxylic acids is 1. The molecule has 3 heterocycles. The fourth-order valence-electron chi connectivity index (χ4n) is 4.62. The molecule has 1 amide bonds. The van der Waals surface area contributed by atoms with Crippen molar-refractivity contribution in [1.29, 1.82) is 0 Å². The van der Waals surface area contributed by atoms with Gasteiger partial charge in [-0.15, -0.1) is 0 Å². The second-order valence-corrected chi connectivity index (χ2v) is 10.4. The van der Waals surface area contributed by atoms with E-state index < -0.39 is 0 Å². The number of fused-ring (bicyclic) bond motifs is 1. The Bertz CT molecular complexity index is 1430. The van der Waals surface area contributed by atoms with Crippen molar-refractivity contribution in [2.75, 3.05) is 39.3 Å². The van der Waals surface area contributed by atoms with Crippen LogP contribution in [-0.2, 0) is 4.79 Å². The van der Waals surface area contributed by atoms with Gasteiger partial charge in [0.05, 0.1) is 28.0 Å². The van der Waals surface area contributed by atoms with Crippen LogP contribution in [0.15, 0.2) is 64.4 Å². The summed E-state index contributed by atoms with van der Waals surface area (Å²) in [6.45, 7) is 4.73. The van der Waals surface area contributed by atoms with Crippen molar-refractivity contribution in [2.45, 2.75) is 12.8 Å². The van der Waals surface area contributed by atoms with E-state index in [1.807, 2.05) is 59.5 Å². The number of nitrogens with zero attached hydrogens (tertiary/aromatic N) is 5. The zero-order valence-electron chi connectivity index (χ0n) is 20.0. The summed E-state index contributed by atoms with van der Waals surface area (Å²) in [5, 5.41) is 3.88. The lowest BCUT2D eigenvalue weighted by atomic mass is 10.1. The molecule has 1 N–H and O–H groups in total. The number of thiazole rings is 1. The number of carbonyl (C=O) groups is 1. The number of aromatic amines is 1. The lowest BCUT2D eigenvalue weighted by Gasteiger charge is -2.34. The topological polar surface area (TPSA) is 86.6 Å². The van der Waals surface area contributed by atoms with Gasteiger partial charge in [0.15, 0.2) is 0 Å². The van der Waals surface area contributed by atoms with Crippen LogP contribution >= 0.6 is 11.3 Å². The van der Waals surface area contributed by atoms with Gasteiger partial charge in [-0.05, 0) is 25.0 Å². The first kappa shape index (κ1) is 22.9. The average Bonchev–Trinajstić information content (AvgIpc) is 3.60. The third-order valence-electron chi connectivity index (χ3n) is 6.84. The Hall–Kier alpha value is -3.56. The normalized spacial score (nSPS) is 16.8. The van der Waals surface area contributed by atoms with Crippen LogP contribution in [0.1, 0.15) is 18.4 Å². The summed E-state index contributed by atoms with van der Waals surface area (Å²) in [6.07, 6.45) is 3.80. The monoisotopic (exact) mass is 500 g/mol. The van der Waals surface area contributed by atoms with Gasteiger partial charge < -0.3 is 4.90 Å². The third kappa shape index (κ3) is 4.64. The van der Waals surface area contributed by atoms with Crippen LogP contribution in [0.25, 0.3) is 26.6 Å². The number of hydrogen-bond donors (Lipinski definition) is 1. The maximum atomic E-state index is 13.5. The second-order valence-electron chi connectivity index (χ2n) is 9.35. The predicted molar refractivity (Wildman–Crippen MR) is 143 cm³/mol. The Morgan fingerprint density at radius 2 is 1.81 bits per heavy atom. The number of rotatable bonds is 7. The summed E-state index contributed by atoms with van der Waals surface area (Å²) in [7, 11) is 0. The summed E-state index contributed by atoms with van der Waals surface area (Å²) in [6, 6.07) is 17.7. The summed E-state index contributed by atoms with van der Waals surface area (Å²) in [4.78, 5) is 39.3. The van der Waals surface area contributed by atoms with Gasteiger partial charge in [-0.2, -0.15) is 4.68 Å². The number of nitrogens with one attached hydrogen (secondary N) is 1. The molecule has 4 aromatic rings. The van der Waals surface area contributed by atoms with Gasteiger partial charge in [-0.3, -0.25) is 24.6 Å². The molecule has 184 valence electrons. The Kier molecular flexibility index (Phi) is 6.25. The zero-order valence-corrected chi connectivity index (χ0v) is 20.8. The van der Waals surface area contributed by atoms with Crippen molar-refractivity contribution < 1.29 is 4.79 Å². The number of benzene rings is 2. The van der Waals surface area contributed by atoms with Gasteiger partial charge in [0, 0.05) is 50.4 Å². The van der Waals surface area contributed by atoms with E-state index in [0.717, 1.165) is 67.0 Å². The highest BCUT2D eigenvalue weighted by atomic mass is 32.1. The molecule has 36 heavy (non-hydrogen) atoms. The highest BCUT2D eigenvalue weighted by molar-refractivity contribution is 7.20. The van der Waals surface area contributed by atoms with E-state index in [0.29, 0.717) is 23.1 Å². The van der Waals surface area contributed by atoms with Crippen molar-refractivity contribution in [3.05, 3.63) is 70.5 Å². The first-order valence-corrected chi connectivity index (χ1v) is 13.3. The first-order valence-electron chi connectivity index (χ1n) is 12.4. The molecule has 9 heteroatoms. The Balaban J connectivity index is 1.19. The Morgan fingerprint density at radius 3 is 2.56 bits per heavy atom. The number of hydrogen-bond acceptors (Lipinski definition) is 6. The van der Waals surface area contributed by atoms with E-state index in [1.54, 1.807) is 6.21 Å². The van der Waals surface area contributed by atoms with Gasteiger partial charge in [0.1, 0.15) is 0 Å². The van der Waals surface area contributed by atoms with Crippen LogP contribution in [0.3, 0.4) is 0 Å². The number of amides is 1. The van der Waals surface area contributed by atoms with Crippen LogP contribution in [-0.4, -0.2) is 76.0 Å². The molecule has 8 nitrogen and oxygen atoms in total. The molecular formula is C27H28N6O2S. The number of H-pyrrole nitrogens is 1. The zero-order chi connectivity index (χ0) is 24.5. The van der Waals surface area contributed by atoms with Gasteiger partial charge >= 0.3 is 0 Å². The maximum Gasteiger partial charge on any atom is 0.282 e. The molecule has 0 radical (unpaired) electrons. The van der Waals surface area contributed by atoms with Gasteiger partial charge in [0.25, 0.3) is 5.56 Å². The summed E-state index contributed by atoms with van der Waals surface area (Å²) < 4.78 is 2.55. The number of piperazine rings is 1. The van der Waals surface area contributed by atoms with Crippen molar-refractivity contribution in [3.63, 3.8) is 0 Å². The number of aliphatic imine (C=N–C) groups is 1. The molecule has 6 rings (SSSR count). The number of aromatic nitrogens is 3. The van der Waals surface area contributed by atoms with Crippen molar-refractivity contribution in [1.82, 2.24) is 24.6 Å². The van der Waals surface area contributed by atoms with Gasteiger partial charge in [-0.1, -0.05) is 53.8 Å². The lowest BCUT2D eigenvalue weighted by Crippen LogP contribution is -2.49. The second kappa shape index (κ2) is 9.83. The highest BCUT2D eigenvalue weighted by Crippen LogP contribution is 2.31. The predicted octanol–water partition coefficient (Wildman–Crippen LogP) is 3.42. The summed E-state index contributed by atoms with van der Waals surface area (Å²) in [5.41, 5.74) is 2.89. The van der Waals surface area contributed by atoms with E-state index in [1.165, 1.54) is 16.0 Å². The number of para-hydroxylation sites is 1. The van der Waals surface area contributed by atoms with Gasteiger partial charge in [0.2, 0.25) is 11.0 Å². The minimum Gasteiger partial charge on any atom is -0.340 e. The van der Waals surface area contributed by atoms with Crippen molar-refractivity contribution in [2.24, 2.45) is 10.9 Å². The van der Waals surface area contributed by atoms with Crippen LogP contribution in [0.4, 0.5) is 0 Å². The highest BCUT2D eigenvalue weighted by Gasteiger charge is 2.34. The molecule has 1 aliphatic heterocycles. The van der Waals surface area contributed by atoms with Crippen LogP contribution in [0.2, 0.25) is 0 Å². The lowest BCUT2D eigenvalue weighted by molar-refractivity contribution is -0.134. The minimum atomic E-state index is -0.163. The summed E-state index contributed by atoms with van der Waals surface area (Å²) >= 11 is 1.48. The van der Waals surface area contributed by atoms with Crippen LogP contribution < -0.4 is 5.56 Å². The molecule has 0 bridgehead atoms. The minimum absolute atomic E-state index is 0.163. The molecular weight excluding hydrogens is 472 g/mol. The SMILES string of the molecule is O=C(C1CC1)N1CCN(CCN=Cc2c(-c3ccccc3)[nH]n(-c3nc4ccccc4s3)c2=O)CC1. The fourth-order valence-corrected chi connectivity index (χ4v) is 5.55. The van der Waals surface area contributed by atoms with Crippen LogP contribution in [0.5, 0.6) is 0 Å². The smallest absolute Gasteiger partial charge is 0.282 e. The van der Waals surface area contributed by atoms with E-state index in [-0.39, 0.29) is 11.5 Å². The molecule has 0 unspecified atom stereocenters. The van der Waals surface area contributed by atoms with Crippen molar-refractivity contribution >= 4 is 33.7 Å². The quantitative estimate of drug-likeness (QED) is 0.394. The standard InChI is InChI=1S/C27H28N6O2S/c34-25(20-10-11-20)32-16-14-31(15-17-32)13-12-28-18-21-24(19-6-2-1-3-7-19)30-33(26(21)35)27-29-22-8-4-5-9-23(22)36-27/h1-9,18,20,30H,10-17H2. The molecule has 1 saturated heterocycles. The van der Waals surface area contributed by atoms with Gasteiger partial charge in [-0.25, -0.2) is 4.98 Å².